The molecule has 2 heterocycles. The second-order valence-corrected chi connectivity index (χ2v) is 6.92. The number of ether oxygens (including phenoxy) is 1. The summed E-state index contributed by atoms with van der Waals surface area (Å²) in [4.78, 5) is 21.2. The minimum Gasteiger partial charge on any atom is -0.374 e. The van der Waals surface area contributed by atoms with E-state index >= 15 is 0 Å². The third kappa shape index (κ3) is 6.34. The number of hydrogen-bond donors (Lipinski definition) is 1. The first kappa shape index (κ1) is 19.3. The number of carbonyl (C=O) groups excluding carboxylic acids is 1. The van der Waals surface area contributed by atoms with Crippen molar-refractivity contribution in [3.05, 3.63) is 66.0 Å². The van der Waals surface area contributed by atoms with Gasteiger partial charge >= 0.3 is 6.03 Å². The molecule has 2 amide bonds. The van der Waals surface area contributed by atoms with Crippen LogP contribution in [0.15, 0.2) is 54.7 Å². The van der Waals surface area contributed by atoms with E-state index in [-0.39, 0.29) is 12.1 Å². The summed E-state index contributed by atoms with van der Waals surface area (Å²) in [6, 6.07) is 15.9. The molecule has 0 aliphatic carbocycles. The van der Waals surface area contributed by atoms with E-state index in [2.05, 4.69) is 34.4 Å². The Morgan fingerprint density at radius 3 is 2.81 bits per heavy atom. The van der Waals surface area contributed by atoms with Gasteiger partial charge in [0.2, 0.25) is 0 Å². The molecule has 144 valence electrons. The maximum Gasteiger partial charge on any atom is 0.317 e. The number of amides is 2. The monoisotopic (exact) mass is 368 g/mol. The normalized spacial score (nSPS) is 17.4. The maximum absolute atomic E-state index is 12.8. The predicted molar refractivity (Wildman–Crippen MR) is 105 cm³/mol. The van der Waals surface area contributed by atoms with E-state index in [1.165, 1.54) is 5.56 Å². The quantitative estimate of drug-likeness (QED) is 0.814. The highest BCUT2D eigenvalue weighted by Gasteiger charge is 2.20. The Balaban J connectivity index is 1.58. The molecule has 0 spiro atoms. The number of nitrogens with zero attached hydrogens (tertiary/aromatic N) is 3. The van der Waals surface area contributed by atoms with E-state index in [4.69, 9.17) is 4.74 Å². The highest BCUT2D eigenvalue weighted by Crippen LogP contribution is 2.07. The van der Waals surface area contributed by atoms with Gasteiger partial charge in [0.25, 0.3) is 0 Å². The molecule has 6 heteroatoms. The van der Waals surface area contributed by atoms with Crippen LogP contribution in [0.1, 0.15) is 11.3 Å². The molecule has 1 atom stereocenters. The molecule has 0 bridgehead atoms. The summed E-state index contributed by atoms with van der Waals surface area (Å²) in [7, 11) is 2.07. The lowest BCUT2D eigenvalue weighted by molar-refractivity contribution is -0.0172. The van der Waals surface area contributed by atoms with Crippen LogP contribution in [0.2, 0.25) is 0 Å². The molecule has 2 aromatic rings. The predicted octanol–water partition coefficient (Wildman–Crippen LogP) is 2.17. The standard InChI is InChI=1S/C21H28N4O2/c1-24-13-14-27-20(17-24)15-23-21(26)25(16-19-9-5-6-11-22-19)12-10-18-7-3-2-4-8-18/h2-9,11,20H,10,12-17H2,1H3,(H,23,26)/t20-/m0/s1. The van der Waals surface area contributed by atoms with Crippen LogP contribution in [-0.4, -0.2) is 66.8 Å². The van der Waals surface area contributed by atoms with Crippen LogP contribution in [-0.2, 0) is 17.7 Å². The van der Waals surface area contributed by atoms with Crippen molar-refractivity contribution in [2.45, 2.75) is 19.1 Å². The van der Waals surface area contributed by atoms with Gasteiger partial charge < -0.3 is 19.9 Å². The first-order valence-electron chi connectivity index (χ1n) is 9.47. The van der Waals surface area contributed by atoms with Crippen LogP contribution in [0.3, 0.4) is 0 Å². The first-order chi connectivity index (χ1) is 13.2. The van der Waals surface area contributed by atoms with Crippen molar-refractivity contribution < 1.29 is 9.53 Å². The molecule has 1 aliphatic rings. The first-order valence-corrected chi connectivity index (χ1v) is 9.47. The number of benzene rings is 1. The molecule has 3 rings (SSSR count). The van der Waals surface area contributed by atoms with Gasteiger partial charge in [0.15, 0.2) is 0 Å². The summed E-state index contributed by atoms with van der Waals surface area (Å²) >= 11 is 0. The summed E-state index contributed by atoms with van der Waals surface area (Å²) < 4.78 is 5.74. The van der Waals surface area contributed by atoms with Crippen molar-refractivity contribution in [1.82, 2.24) is 20.1 Å². The topological polar surface area (TPSA) is 57.7 Å². The van der Waals surface area contributed by atoms with Crippen molar-refractivity contribution in [2.24, 2.45) is 0 Å². The van der Waals surface area contributed by atoms with E-state index in [0.717, 1.165) is 25.2 Å². The van der Waals surface area contributed by atoms with Gasteiger partial charge in [0, 0.05) is 32.4 Å². The van der Waals surface area contributed by atoms with Gasteiger partial charge in [0.1, 0.15) is 0 Å². The Morgan fingerprint density at radius 1 is 1.26 bits per heavy atom. The molecule has 1 aromatic carbocycles. The van der Waals surface area contributed by atoms with Crippen molar-refractivity contribution in [3.8, 4) is 0 Å². The average Bonchev–Trinajstić information content (AvgIpc) is 2.71. The highest BCUT2D eigenvalue weighted by molar-refractivity contribution is 5.74. The minimum atomic E-state index is -0.0755. The summed E-state index contributed by atoms with van der Waals surface area (Å²) in [6.45, 7) is 4.14. The summed E-state index contributed by atoms with van der Waals surface area (Å²) in [5, 5.41) is 3.04. The van der Waals surface area contributed by atoms with Crippen LogP contribution in [0.5, 0.6) is 0 Å². The molecular weight excluding hydrogens is 340 g/mol. The highest BCUT2D eigenvalue weighted by atomic mass is 16.5. The van der Waals surface area contributed by atoms with Crippen LogP contribution < -0.4 is 5.32 Å². The number of nitrogens with one attached hydrogen (secondary N) is 1. The zero-order valence-corrected chi connectivity index (χ0v) is 15.9. The molecule has 0 unspecified atom stereocenters. The summed E-state index contributed by atoms with van der Waals surface area (Å²) in [5.74, 6) is 0. The van der Waals surface area contributed by atoms with Gasteiger partial charge in [-0.1, -0.05) is 36.4 Å². The molecule has 1 saturated heterocycles. The third-order valence-electron chi connectivity index (χ3n) is 4.70. The number of hydrogen-bond acceptors (Lipinski definition) is 4. The number of likely N-dealkylation sites (N-methyl/N-ethyl adjacent to an activating group) is 1. The Bertz CT molecular complexity index is 696. The molecule has 0 saturated carbocycles. The molecular formula is C21H28N4O2. The summed E-state index contributed by atoms with van der Waals surface area (Å²) in [6.07, 6.45) is 2.61. The van der Waals surface area contributed by atoms with Crippen LogP contribution >= 0.6 is 0 Å². The van der Waals surface area contributed by atoms with Gasteiger partial charge in [-0.3, -0.25) is 4.98 Å². The molecule has 1 aromatic heterocycles. The fourth-order valence-electron chi connectivity index (χ4n) is 3.15. The Hall–Kier alpha value is -2.44. The molecule has 1 aliphatic heterocycles. The largest absolute Gasteiger partial charge is 0.374 e. The number of morpholine rings is 1. The minimum absolute atomic E-state index is 0.0403. The number of pyridine rings is 1. The molecule has 1 N–H and O–H groups in total. The second kappa shape index (κ2) is 10.0. The maximum atomic E-state index is 12.8. The van der Waals surface area contributed by atoms with Crippen molar-refractivity contribution in [1.29, 1.82) is 0 Å². The lowest BCUT2D eigenvalue weighted by atomic mass is 10.1. The molecule has 27 heavy (non-hydrogen) atoms. The lowest BCUT2D eigenvalue weighted by Crippen LogP contribution is -2.49. The molecule has 1 fully saturated rings. The van der Waals surface area contributed by atoms with Crippen LogP contribution in [0.25, 0.3) is 0 Å². The fourth-order valence-corrected chi connectivity index (χ4v) is 3.15. The Labute approximate surface area is 161 Å². The Kier molecular flexibility index (Phi) is 7.19. The van der Waals surface area contributed by atoms with Gasteiger partial charge in [0.05, 0.1) is 24.9 Å². The second-order valence-electron chi connectivity index (χ2n) is 6.92. The third-order valence-corrected chi connectivity index (χ3v) is 4.70. The van der Waals surface area contributed by atoms with Crippen molar-refractivity contribution >= 4 is 6.03 Å². The Morgan fingerprint density at radius 2 is 2.07 bits per heavy atom. The zero-order chi connectivity index (χ0) is 18.9. The average molecular weight is 368 g/mol. The fraction of sp³-hybridized carbons (Fsp3) is 0.429. The van der Waals surface area contributed by atoms with E-state index in [1.807, 2.05) is 41.3 Å². The van der Waals surface area contributed by atoms with E-state index in [1.54, 1.807) is 6.20 Å². The SMILES string of the molecule is CN1CCO[C@@H](CNC(=O)N(CCc2ccccc2)Cc2ccccn2)C1. The van der Waals surface area contributed by atoms with Crippen LogP contribution in [0, 0.1) is 0 Å². The van der Waals surface area contributed by atoms with Crippen molar-refractivity contribution in [3.63, 3.8) is 0 Å². The number of aromatic nitrogens is 1. The number of urea groups is 1. The van der Waals surface area contributed by atoms with Gasteiger partial charge in [-0.2, -0.15) is 0 Å². The van der Waals surface area contributed by atoms with Crippen molar-refractivity contribution in [2.75, 3.05) is 39.8 Å². The van der Waals surface area contributed by atoms with Gasteiger partial charge in [-0.25, -0.2) is 4.79 Å². The van der Waals surface area contributed by atoms with E-state index < -0.39 is 0 Å². The van der Waals surface area contributed by atoms with E-state index in [0.29, 0.717) is 26.2 Å². The molecule has 0 radical (unpaired) electrons. The van der Waals surface area contributed by atoms with E-state index in [9.17, 15) is 4.79 Å². The summed E-state index contributed by atoms with van der Waals surface area (Å²) in [5.41, 5.74) is 2.10. The van der Waals surface area contributed by atoms with Crippen LogP contribution in [0.4, 0.5) is 4.79 Å². The molecule has 6 nitrogen and oxygen atoms in total. The number of carbonyl (C=O) groups is 1. The zero-order valence-electron chi connectivity index (χ0n) is 15.9. The number of rotatable bonds is 7. The lowest BCUT2D eigenvalue weighted by Gasteiger charge is -2.31. The smallest absolute Gasteiger partial charge is 0.317 e. The van der Waals surface area contributed by atoms with Gasteiger partial charge in [-0.05, 0) is 31.2 Å². The van der Waals surface area contributed by atoms with Gasteiger partial charge in [-0.15, -0.1) is 0 Å².